The molecule has 0 radical (unpaired) electrons. The van der Waals surface area contributed by atoms with Crippen molar-refractivity contribution in [1.82, 2.24) is 10.1 Å². The van der Waals surface area contributed by atoms with Gasteiger partial charge in [-0.05, 0) is 28.5 Å². The molecule has 0 unspecified atom stereocenters. The Balaban J connectivity index is 2.01. The van der Waals surface area contributed by atoms with Gasteiger partial charge in [0.1, 0.15) is 5.75 Å². The van der Waals surface area contributed by atoms with E-state index in [0.717, 1.165) is 22.1 Å². The molecule has 2 aromatic carbocycles. The molecule has 0 amide bonds. The maximum Gasteiger partial charge on any atom is 0.335 e. The fourth-order valence-electron chi connectivity index (χ4n) is 2.15. The SMILES string of the molecule is COc1ccc2cccc(Cc3noc(NN)n3)c2c1. The Labute approximate surface area is 115 Å². The number of hydrazine groups is 1. The van der Waals surface area contributed by atoms with Gasteiger partial charge in [0.25, 0.3) is 0 Å². The van der Waals surface area contributed by atoms with Crippen molar-refractivity contribution in [3.63, 3.8) is 0 Å². The van der Waals surface area contributed by atoms with E-state index in [9.17, 15) is 0 Å². The minimum Gasteiger partial charge on any atom is -0.497 e. The monoisotopic (exact) mass is 270 g/mol. The number of benzene rings is 2. The lowest BCUT2D eigenvalue weighted by molar-refractivity contribution is 0.415. The topological polar surface area (TPSA) is 86.2 Å². The summed E-state index contributed by atoms with van der Waals surface area (Å²) < 4.78 is 10.2. The highest BCUT2D eigenvalue weighted by Crippen LogP contribution is 2.25. The molecule has 3 rings (SSSR count). The Hall–Kier alpha value is -2.60. The third kappa shape index (κ3) is 2.28. The van der Waals surface area contributed by atoms with Crippen molar-refractivity contribution in [3.8, 4) is 5.75 Å². The first kappa shape index (κ1) is 12.4. The lowest BCUT2D eigenvalue weighted by Gasteiger charge is -2.06. The number of nitrogens with zero attached hydrogens (tertiary/aromatic N) is 2. The van der Waals surface area contributed by atoms with Crippen molar-refractivity contribution >= 4 is 16.8 Å². The molecule has 0 saturated carbocycles. The molecule has 1 aromatic heterocycles. The Morgan fingerprint density at radius 3 is 2.95 bits per heavy atom. The summed E-state index contributed by atoms with van der Waals surface area (Å²) in [6.07, 6.45) is 0.565. The molecule has 0 atom stereocenters. The van der Waals surface area contributed by atoms with Crippen LogP contribution in [0.4, 0.5) is 6.01 Å². The first-order chi connectivity index (χ1) is 9.80. The van der Waals surface area contributed by atoms with E-state index in [1.807, 2.05) is 30.3 Å². The number of anilines is 1. The van der Waals surface area contributed by atoms with Gasteiger partial charge in [-0.15, -0.1) is 0 Å². The Kier molecular flexibility index (Phi) is 3.22. The number of methoxy groups -OCH3 is 1. The molecule has 0 aliphatic carbocycles. The van der Waals surface area contributed by atoms with E-state index < -0.39 is 0 Å². The summed E-state index contributed by atoms with van der Waals surface area (Å²) >= 11 is 0. The summed E-state index contributed by atoms with van der Waals surface area (Å²) in [6.45, 7) is 0. The number of nitrogens with two attached hydrogens (primary N) is 1. The highest BCUT2D eigenvalue weighted by atomic mass is 16.5. The largest absolute Gasteiger partial charge is 0.497 e. The highest BCUT2D eigenvalue weighted by molar-refractivity contribution is 5.87. The van der Waals surface area contributed by atoms with E-state index in [4.69, 9.17) is 15.1 Å². The molecular formula is C14H14N4O2. The van der Waals surface area contributed by atoms with E-state index in [1.165, 1.54) is 0 Å². The van der Waals surface area contributed by atoms with E-state index in [2.05, 4.69) is 21.6 Å². The number of hydrogen-bond donors (Lipinski definition) is 2. The van der Waals surface area contributed by atoms with E-state index in [-0.39, 0.29) is 6.01 Å². The second-order valence-corrected chi connectivity index (χ2v) is 4.34. The van der Waals surface area contributed by atoms with Gasteiger partial charge in [-0.25, -0.2) is 5.84 Å². The number of nitrogens with one attached hydrogen (secondary N) is 1. The summed E-state index contributed by atoms with van der Waals surface area (Å²) in [5, 5.41) is 6.12. The zero-order valence-corrected chi connectivity index (χ0v) is 11.0. The molecule has 3 aromatic rings. The second kappa shape index (κ2) is 5.18. The van der Waals surface area contributed by atoms with Crippen LogP contribution in [0.2, 0.25) is 0 Å². The fraction of sp³-hybridized carbons (Fsp3) is 0.143. The average molecular weight is 270 g/mol. The van der Waals surface area contributed by atoms with Gasteiger partial charge in [0.15, 0.2) is 5.82 Å². The zero-order valence-electron chi connectivity index (χ0n) is 11.0. The third-order valence-electron chi connectivity index (χ3n) is 3.12. The molecule has 0 aliphatic rings. The maximum absolute atomic E-state index is 5.27. The second-order valence-electron chi connectivity index (χ2n) is 4.34. The van der Waals surface area contributed by atoms with Crippen LogP contribution in [-0.2, 0) is 6.42 Å². The molecule has 0 bridgehead atoms. The molecule has 0 aliphatic heterocycles. The number of rotatable bonds is 4. The number of hydrogen-bond acceptors (Lipinski definition) is 6. The van der Waals surface area contributed by atoms with Gasteiger partial charge in [-0.1, -0.05) is 29.4 Å². The van der Waals surface area contributed by atoms with Crippen LogP contribution in [0.25, 0.3) is 10.8 Å². The van der Waals surface area contributed by atoms with Crippen molar-refractivity contribution in [1.29, 1.82) is 0 Å². The number of ether oxygens (including phenoxy) is 1. The molecule has 20 heavy (non-hydrogen) atoms. The maximum atomic E-state index is 5.27. The Morgan fingerprint density at radius 2 is 2.20 bits per heavy atom. The fourth-order valence-corrected chi connectivity index (χ4v) is 2.15. The lowest BCUT2D eigenvalue weighted by Crippen LogP contribution is -2.06. The summed E-state index contributed by atoms with van der Waals surface area (Å²) in [7, 11) is 1.65. The summed E-state index contributed by atoms with van der Waals surface area (Å²) in [4.78, 5) is 4.13. The van der Waals surface area contributed by atoms with Crippen molar-refractivity contribution < 1.29 is 9.26 Å². The molecule has 6 nitrogen and oxygen atoms in total. The van der Waals surface area contributed by atoms with Crippen LogP contribution < -0.4 is 16.0 Å². The number of aromatic nitrogens is 2. The van der Waals surface area contributed by atoms with Crippen LogP contribution >= 0.6 is 0 Å². The van der Waals surface area contributed by atoms with Crippen LogP contribution in [0.5, 0.6) is 5.75 Å². The zero-order chi connectivity index (χ0) is 13.9. The van der Waals surface area contributed by atoms with Crippen molar-refractivity contribution in [2.45, 2.75) is 6.42 Å². The quantitative estimate of drug-likeness (QED) is 0.558. The van der Waals surface area contributed by atoms with E-state index >= 15 is 0 Å². The van der Waals surface area contributed by atoms with Crippen LogP contribution in [0.15, 0.2) is 40.9 Å². The van der Waals surface area contributed by atoms with Gasteiger partial charge in [0, 0.05) is 6.42 Å². The normalized spacial score (nSPS) is 10.7. The van der Waals surface area contributed by atoms with Crippen LogP contribution in [0, 0.1) is 0 Å². The van der Waals surface area contributed by atoms with Gasteiger partial charge in [-0.3, -0.25) is 5.43 Å². The molecule has 1 heterocycles. The van der Waals surface area contributed by atoms with E-state index in [0.29, 0.717) is 12.2 Å². The van der Waals surface area contributed by atoms with Gasteiger partial charge in [0.05, 0.1) is 7.11 Å². The van der Waals surface area contributed by atoms with Gasteiger partial charge < -0.3 is 9.26 Å². The van der Waals surface area contributed by atoms with Crippen molar-refractivity contribution in [2.75, 3.05) is 12.5 Å². The van der Waals surface area contributed by atoms with Crippen LogP contribution in [-0.4, -0.2) is 17.3 Å². The third-order valence-corrected chi connectivity index (χ3v) is 3.12. The van der Waals surface area contributed by atoms with Gasteiger partial charge in [-0.2, -0.15) is 4.98 Å². The van der Waals surface area contributed by atoms with E-state index in [1.54, 1.807) is 7.11 Å². The lowest BCUT2D eigenvalue weighted by atomic mass is 10.0. The summed E-state index contributed by atoms with van der Waals surface area (Å²) in [5.74, 6) is 6.62. The minimum absolute atomic E-state index is 0.206. The molecule has 0 fully saturated rings. The van der Waals surface area contributed by atoms with Crippen molar-refractivity contribution in [2.24, 2.45) is 5.84 Å². The highest BCUT2D eigenvalue weighted by Gasteiger charge is 2.09. The molecule has 0 saturated heterocycles. The predicted octanol–water partition coefficient (Wildman–Crippen LogP) is 2.11. The molecule has 3 N–H and O–H groups in total. The number of nitrogen functional groups attached to an aromatic ring is 1. The molecular weight excluding hydrogens is 256 g/mol. The Bertz CT molecular complexity index is 739. The summed E-state index contributed by atoms with van der Waals surface area (Å²) in [5.41, 5.74) is 3.43. The van der Waals surface area contributed by atoms with Gasteiger partial charge >= 0.3 is 6.01 Å². The van der Waals surface area contributed by atoms with Crippen LogP contribution in [0.1, 0.15) is 11.4 Å². The molecule has 102 valence electrons. The number of fused-ring (bicyclic) bond motifs is 1. The summed E-state index contributed by atoms with van der Waals surface area (Å²) in [6, 6.07) is 12.3. The Morgan fingerprint density at radius 1 is 1.30 bits per heavy atom. The molecule has 6 heteroatoms. The molecule has 0 spiro atoms. The average Bonchev–Trinajstić information content (AvgIpc) is 2.95. The smallest absolute Gasteiger partial charge is 0.335 e. The van der Waals surface area contributed by atoms with Gasteiger partial charge in [0.2, 0.25) is 0 Å². The van der Waals surface area contributed by atoms with Crippen molar-refractivity contribution in [3.05, 3.63) is 47.8 Å². The van der Waals surface area contributed by atoms with Crippen LogP contribution in [0.3, 0.4) is 0 Å². The standard InChI is InChI=1S/C14H14N4O2/c1-19-11-6-5-9-3-2-4-10(12(9)8-11)7-13-16-14(17-15)20-18-13/h2-6,8H,7,15H2,1H3,(H,16,17,18). The minimum atomic E-state index is 0.206. The predicted molar refractivity (Wildman–Crippen MR) is 75.4 cm³/mol. The first-order valence-electron chi connectivity index (χ1n) is 6.15. The first-order valence-corrected chi connectivity index (χ1v) is 6.15.